The summed E-state index contributed by atoms with van der Waals surface area (Å²) in [6.07, 6.45) is 0. The molecule has 1 unspecified atom stereocenters. The number of rotatable bonds is 5. The largest absolute Gasteiger partial charge is 0.384 e. The number of halogens is 1. The third-order valence-electron chi connectivity index (χ3n) is 3.04. The molecule has 0 amide bonds. The number of hydrogen-bond donors (Lipinski definition) is 1. The summed E-state index contributed by atoms with van der Waals surface area (Å²) in [6.45, 7) is 2.05. The van der Waals surface area contributed by atoms with Gasteiger partial charge >= 0.3 is 0 Å². The van der Waals surface area contributed by atoms with E-state index in [0.29, 0.717) is 16.5 Å². The predicted molar refractivity (Wildman–Crippen MR) is 83.0 cm³/mol. The zero-order valence-electron chi connectivity index (χ0n) is 11.1. The van der Waals surface area contributed by atoms with E-state index in [4.69, 9.17) is 11.6 Å². The Kier molecular flexibility index (Phi) is 4.68. The van der Waals surface area contributed by atoms with Crippen LogP contribution >= 0.6 is 11.6 Å². The van der Waals surface area contributed by atoms with Crippen molar-refractivity contribution in [3.05, 3.63) is 59.6 Å². The van der Waals surface area contributed by atoms with Gasteiger partial charge in [0.15, 0.2) is 9.84 Å². The van der Waals surface area contributed by atoms with Crippen molar-refractivity contribution in [2.45, 2.75) is 17.1 Å². The zero-order chi connectivity index (χ0) is 14.6. The Morgan fingerprint density at radius 2 is 1.65 bits per heavy atom. The standard InChI is InChI=1S/C15H16ClNO2S/c1-12(11-17-14-5-3-2-4-6-14)20(18,19)15-9-7-13(16)8-10-15/h2-10,12,17H,11H2,1H3. The van der Waals surface area contributed by atoms with Crippen LogP contribution in [0.1, 0.15) is 6.92 Å². The average Bonchev–Trinajstić information content (AvgIpc) is 2.46. The molecule has 3 nitrogen and oxygen atoms in total. The van der Waals surface area contributed by atoms with Crippen molar-refractivity contribution in [2.24, 2.45) is 0 Å². The van der Waals surface area contributed by atoms with Crippen molar-refractivity contribution < 1.29 is 8.42 Å². The number of benzene rings is 2. The number of sulfone groups is 1. The predicted octanol–water partition coefficient (Wildman–Crippen LogP) is 3.61. The van der Waals surface area contributed by atoms with E-state index in [1.54, 1.807) is 19.1 Å². The molecule has 1 atom stereocenters. The van der Waals surface area contributed by atoms with Crippen molar-refractivity contribution in [3.8, 4) is 0 Å². The Morgan fingerprint density at radius 1 is 1.05 bits per heavy atom. The molecule has 0 aliphatic heterocycles. The summed E-state index contributed by atoms with van der Waals surface area (Å²) >= 11 is 5.78. The van der Waals surface area contributed by atoms with Crippen LogP contribution < -0.4 is 5.32 Å². The van der Waals surface area contributed by atoms with E-state index in [1.807, 2.05) is 30.3 Å². The molecule has 0 aromatic heterocycles. The van der Waals surface area contributed by atoms with Gasteiger partial charge in [0, 0.05) is 17.3 Å². The van der Waals surface area contributed by atoms with Gasteiger partial charge in [-0.3, -0.25) is 0 Å². The van der Waals surface area contributed by atoms with E-state index in [1.165, 1.54) is 12.1 Å². The minimum atomic E-state index is -3.35. The van der Waals surface area contributed by atoms with Crippen LogP contribution in [0.15, 0.2) is 59.5 Å². The van der Waals surface area contributed by atoms with E-state index in [0.717, 1.165) is 5.69 Å². The second-order valence-corrected chi connectivity index (χ2v) is 7.36. The van der Waals surface area contributed by atoms with E-state index in [-0.39, 0.29) is 0 Å². The fourth-order valence-electron chi connectivity index (χ4n) is 1.78. The lowest BCUT2D eigenvalue weighted by atomic mass is 10.3. The first-order valence-electron chi connectivity index (χ1n) is 6.28. The maximum Gasteiger partial charge on any atom is 0.182 e. The van der Waals surface area contributed by atoms with Crippen molar-refractivity contribution >= 4 is 27.1 Å². The number of nitrogens with one attached hydrogen (secondary N) is 1. The van der Waals surface area contributed by atoms with Gasteiger partial charge < -0.3 is 5.32 Å². The highest BCUT2D eigenvalue weighted by atomic mass is 35.5. The van der Waals surface area contributed by atoms with Gasteiger partial charge in [0.1, 0.15) is 0 Å². The van der Waals surface area contributed by atoms with E-state index < -0.39 is 15.1 Å². The Morgan fingerprint density at radius 3 is 2.25 bits per heavy atom. The van der Waals surface area contributed by atoms with Crippen molar-refractivity contribution in [3.63, 3.8) is 0 Å². The molecule has 2 aromatic carbocycles. The van der Waals surface area contributed by atoms with E-state index >= 15 is 0 Å². The first-order chi connectivity index (χ1) is 9.50. The molecule has 0 spiro atoms. The second kappa shape index (κ2) is 6.29. The van der Waals surface area contributed by atoms with Crippen molar-refractivity contribution in [2.75, 3.05) is 11.9 Å². The van der Waals surface area contributed by atoms with Gasteiger partial charge in [-0.25, -0.2) is 8.42 Å². The van der Waals surface area contributed by atoms with Gasteiger partial charge in [0.05, 0.1) is 10.1 Å². The summed E-state index contributed by atoms with van der Waals surface area (Å²) in [7, 11) is -3.35. The van der Waals surface area contributed by atoms with Crippen LogP contribution in [0.25, 0.3) is 0 Å². The molecule has 20 heavy (non-hydrogen) atoms. The van der Waals surface area contributed by atoms with Gasteiger partial charge in [0.25, 0.3) is 0 Å². The highest BCUT2D eigenvalue weighted by molar-refractivity contribution is 7.92. The van der Waals surface area contributed by atoms with Crippen LogP contribution in [-0.2, 0) is 9.84 Å². The summed E-state index contributed by atoms with van der Waals surface area (Å²) in [6, 6.07) is 15.8. The highest BCUT2D eigenvalue weighted by Crippen LogP contribution is 2.19. The van der Waals surface area contributed by atoms with Gasteiger partial charge in [-0.1, -0.05) is 29.8 Å². The van der Waals surface area contributed by atoms with Gasteiger partial charge in [0.2, 0.25) is 0 Å². The molecule has 0 aliphatic carbocycles. The van der Waals surface area contributed by atoms with Crippen LogP contribution in [0, 0.1) is 0 Å². The molecule has 1 N–H and O–H groups in total. The summed E-state index contributed by atoms with van der Waals surface area (Å²) in [4.78, 5) is 0.296. The normalized spacial score (nSPS) is 12.9. The average molecular weight is 310 g/mol. The zero-order valence-corrected chi connectivity index (χ0v) is 12.7. The molecule has 0 radical (unpaired) electrons. The highest BCUT2D eigenvalue weighted by Gasteiger charge is 2.22. The summed E-state index contributed by atoms with van der Waals surface area (Å²) < 4.78 is 24.8. The molecular formula is C15H16ClNO2S. The molecule has 5 heteroatoms. The topological polar surface area (TPSA) is 46.2 Å². The molecule has 0 saturated carbocycles. The lowest BCUT2D eigenvalue weighted by Gasteiger charge is -2.14. The Bertz CT molecular complexity index is 654. The quantitative estimate of drug-likeness (QED) is 0.917. The molecule has 0 heterocycles. The first kappa shape index (κ1) is 14.9. The Hall–Kier alpha value is -1.52. The fraction of sp³-hybridized carbons (Fsp3) is 0.200. The van der Waals surface area contributed by atoms with E-state index in [2.05, 4.69) is 5.32 Å². The lowest BCUT2D eigenvalue weighted by molar-refractivity contribution is 0.585. The minimum Gasteiger partial charge on any atom is -0.384 e. The van der Waals surface area contributed by atoms with Crippen LogP contribution in [0.3, 0.4) is 0 Å². The lowest BCUT2D eigenvalue weighted by Crippen LogP contribution is -2.26. The molecule has 2 rings (SSSR count). The minimum absolute atomic E-state index is 0.296. The number of hydrogen-bond acceptors (Lipinski definition) is 3. The van der Waals surface area contributed by atoms with Gasteiger partial charge in [-0.15, -0.1) is 0 Å². The van der Waals surface area contributed by atoms with Gasteiger partial charge in [-0.05, 0) is 43.3 Å². The van der Waals surface area contributed by atoms with Crippen LogP contribution in [0.4, 0.5) is 5.69 Å². The molecular weight excluding hydrogens is 294 g/mol. The van der Waals surface area contributed by atoms with Crippen LogP contribution in [0.2, 0.25) is 5.02 Å². The molecule has 2 aromatic rings. The molecule has 0 fully saturated rings. The second-order valence-electron chi connectivity index (χ2n) is 4.56. The van der Waals surface area contributed by atoms with E-state index in [9.17, 15) is 8.42 Å². The van der Waals surface area contributed by atoms with Gasteiger partial charge in [-0.2, -0.15) is 0 Å². The summed E-state index contributed by atoms with van der Waals surface area (Å²) in [5.41, 5.74) is 0.908. The van der Waals surface area contributed by atoms with Crippen molar-refractivity contribution in [1.82, 2.24) is 0 Å². The third kappa shape index (κ3) is 3.52. The number of para-hydroxylation sites is 1. The number of anilines is 1. The summed E-state index contributed by atoms with van der Waals surface area (Å²) in [5.74, 6) is 0. The fourth-order valence-corrected chi connectivity index (χ4v) is 3.19. The Balaban J connectivity index is 2.08. The van der Waals surface area contributed by atoms with Crippen LogP contribution in [-0.4, -0.2) is 20.2 Å². The molecule has 0 saturated heterocycles. The maximum atomic E-state index is 12.4. The van der Waals surface area contributed by atoms with Crippen molar-refractivity contribution in [1.29, 1.82) is 0 Å². The molecule has 0 bridgehead atoms. The Labute approximate surface area is 124 Å². The van der Waals surface area contributed by atoms with Crippen LogP contribution in [0.5, 0.6) is 0 Å². The monoisotopic (exact) mass is 309 g/mol. The third-order valence-corrected chi connectivity index (χ3v) is 5.45. The first-order valence-corrected chi connectivity index (χ1v) is 8.21. The maximum absolute atomic E-state index is 12.4. The smallest absolute Gasteiger partial charge is 0.182 e. The SMILES string of the molecule is CC(CNc1ccccc1)S(=O)(=O)c1ccc(Cl)cc1. The summed E-state index contributed by atoms with van der Waals surface area (Å²) in [5, 5.41) is 3.13. The molecule has 0 aliphatic rings. The molecule has 106 valence electrons.